The monoisotopic (exact) mass is 404 g/mol. The largest absolute Gasteiger partial charge is 0.455 e. The molecular formula is C20H24N2O5S. The summed E-state index contributed by atoms with van der Waals surface area (Å²) in [5, 5.41) is 2.63. The molecule has 0 heterocycles. The second kappa shape index (κ2) is 8.99. The van der Waals surface area contributed by atoms with Crippen molar-refractivity contribution in [3.05, 3.63) is 58.7 Å². The van der Waals surface area contributed by atoms with Gasteiger partial charge < -0.3 is 10.1 Å². The van der Waals surface area contributed by atoms with Crippen LogP contribution in [0.15, 0.2) is 41.3 Å². The first kappa shape index (κ1) is 21.6. The number of esters is 1. The number of rotatable bonds is 7. The Balaban J connectivity index is 1.84. The van der Waals surface area contributed by atoms with Crippen LogP contribution in [0.25, 0.3) is 0 Å². The fourth-order valence-corrected chi connectivity index (χ4v) is 3.61. The van der Waals surface area contributed by atoms with Gasteiger partial charge in [-0.2, -0.15) is 4.72 Å². The first-order chi connectivity index (χ1) is 13.1. The van der Waals surface area contributed by atoms with E-state index in [1.165, 1.54) is 12.1 Å². The fraction of sp³-hybridized carbons (Fsp3) is 0.300. The molecule has 1 amide bonds. The molecule has 0 saturated heterocycles. The maximum atomic E-state index is 12.2. The third-order valence-electron chi connectivity index (χ3n) is 4.06. The number of aryl methyl sites for hydroxylation is 4. The summed E-state index contributed by atoms with van der Waals surface area (Å²) in [6, 6.07) is 10.2. The minimum atomic E-state index is -3.84. The van der Waals surface area contributed by atoms with E-state index in [2.05, 4.69) is 10.0 Å². The molecule has 0 fully saturated rings. The Bertz CT molecular complexity index is 979. The van der Waals surface area contributed by atoms with E-state index in [1.807, 2.05) is 26.8 Å². The molecular weight excluding hydrogens is 380 g/mol. The summed E-state index contributed by atoms with van der Waals surface area (Å²) in [5.41, 5.74) is 4.39. The number of carbonyl (C=O) groups is 2. The van der Waals surface area contributed by atoms with Crippen LogP contribution in [0.2, 0.25) is 0 Å². The average molecular weight is 404 g/mol. The van der Waals surface area contributed by atoms with Gasteiger partial charge in [-0.1, -0.05) is 12.1 Å². The maximum Gasteiger partial charge on any atom is 0.321 e. The number of sulfonamides is 1. The second-order valence-electron chi connectivity index (χ2n) is 6.66. The number of hydrogen-bond donors (Lipinski definition) is 2. The lowest BCUT2D eigenvalue weighted by Gasteiger charge is -2.10. The molecule has 28 heavy (non-hydrogen) atoms. The van der Waals surface area contributed by atoms with Crippen LogP contribution in [0, 0.1) is 27.7 Å². The van der Waals surface area contributed by atoms with E-state index in [0.29, 0.717) is 5.69 Å². The van der Waals surface area contributed by atoms with E-state index in [1.54, 1.807) is 25.1 Å². The molecule has 2 aromatic rings. The quantitative estimate of drug-likeness (QED) is 0.690. The minimum Gasteiger partial charge on any atom is -0.455 e. The van der Waals surface area contributed by atoms with Crippen molar-refractivity contribution in [2.24, 2.45) is 0 Å². The molecule has 0 aliphatic heterocycles. The van der Waals surface area contributed by atoms with Crippen LogP contribution in [0.3, 0.4) is 0 Å². The molecule has 0 bridgehead atoms. The van der Waals surface area contributed by atoms with Crippen molar-refractivity contribution < 1.29 is 22.7 Å². The van der Waals surface area contributed by atoms with Crippen molar-refractivity contribution in [1.82, 2.24) is 4.72 Å². The lowest BCUT2D eigenvalue weighted by atomic mass is 10.1. The van der Waals surface area contributed by atoms with Gasteiger partial charge in [-0.25, -0.2) is 8.42 Å². The van der Waals surface area contributed by atoms with Crippen molar-refractivity contribution in [2.75, 3.05) is 18.5 Å². The maximum absolute atomic E-state index is 12.2. The zero-order valence-corrected chi connectivity index (χ0v) is 17.1. The Kier molecular flexibility index (Phi) is 6.93. The molecule has 0 radical (unpaired) electrons. The van der Waals surface area contributed by atoms with Crippen LogP contribution >= 0.6 is 0 Å². The highest BCUT2D eigenvalue weighted by molar-refractivity contribution is 7.89. The summed E-state index contributed by atoms with van der Waals surface area (Å²) >= 11 is 0. The van der Waals surface area contributed by atoms with E-state index in [0.717, 1.165) is 22.3 Å². The minimum absolute atomic E-state index is 0.0657. The van der Waals surface area contributed by atoms with E-state index >= 15 is 0 Å². The molecule has 0 atom stereocenters. The fourth-order valence-electron chi connectivity index (χ4n) is 2.56. The summed E-state index contributed by atoms with van der Waals surface area (Å²) in [5.74, 6) is -1.35. The molecule has 0 aromatic heterocycles. The Hall–Kier alpha value is -2.71. The van der Waals surface area contributed by atoms with Crippen molar-refractivity contribution in [3.8, 4) is 0 Å². The molecule has 0 spiro atoms. The number of benzene rings is 2. The first-order valence-electron chi connectivity index (χ1n) is 8.67. The molecule has 0 saturated carbocycles. The number of nitrogens with one attached hydrogen (secondary N) is 2. The van der Waals surface area contributed by atoms with E-state index in [-0.39, 0.29) is 4.90 Å². The Morgan fingerprint density at radius 1 is 0.929 bits per heavy atom. The van der Waals surface area contributed by atoms with Crippen LogP contribution in [-0.4, -0.2) is 33.4 Å². The molecule has 0 unspecified atom stereocenters. The first-order valence-corrected chi connectivity index (χ1v) is 10.2. The predicted octanol–water partition coefficient (Wildman–Crippen LogP) is 2.38. The Morgan fingerprint density at radius 3 is 2.18 bits per heavy atom. The Labute approximate surface area is 165 Å². The highest BCUT2D eigenvalue weighted by Gasteiger charge is 2.17. The smallest absolute Gasteiger partial charge is 0.321 e. The van der Waals surface area contributed by atoms with Crippen molar-refractivity contribution in [1.29, 1.82) is 0 Å². The number of carbonyl (C=O) groups excluding carboxylic acids is 2. The lowest BCUT2D eigenvalue weighted by molar-refractivity contribution is -0.146. The number of anilines is 1. The van der Waals surface area contributed by atoms with Gasteiger partial charge in [0, 0.05) is 5.69 Å². The number of hydrogen-bond acceptors (Lipinski definition) is 5. The van der Waals surface area contributed by atoms with Gasteiger partial charge in [0.05, 0.1) is 4.90 Å². The summed E-state index contributed by atoms with van der Waals surface area (Å²) in [7, 11) is -3.84. The van der Waals surface area contributed by atoms with E-state index in [4.69, 9.17) is 4.74 Å². The van der Waals surface area contributed by atoms with Crippen molar-refractivity contribution >= 4 is 27.6 Å². The molecule has 2 N–H and O–H groups in total. The van der Waals surface area contributed by atoms with Crippen LogP contribution in [0.5, 0.6) is 0 Å². The van der Waals surface area contributed by atoms with Crippen molar-refractivity contribution in [2.45, 2.75) is 32.6 Å². The molecule has 8 heteroatoms. The molecule has 150 valence electrons. The predicted molar refractivity (Wildman–Crippen MR) is 107 cm³/mol. The molecule has 0 aliphatic carbocycles. The normalized spacial score (nSPS) is 11.1. The molecule has 0 aliphatic rings. The van der Waals surface area contributed by atoms with Gasteiger partial charge in [0.2, 0.25) is 10.0 Å². The third-order valence-corrected chi connectivity index (χ3v) is 5.46. The molecule has 7 nitrogen and oxygen atoms in total. The SMILES string of the molecule is Cc1cc(C)cc(NC(=O)COC(=O)CNS(=O)(=O)c2ccc(C)c(C)c2)c1. The highest BCUT2D eigenvalue weighted by Crippen LogP contribution is 2.15. The average Bonchev–Trinajstić information content (AvgIpc) is 2.59. The zero-order valence-electron chi connectivity index (χ0n) is 16.3. The summed E-state index contributed by atoms with van der Waals surface area (Å²) < 4.78 is 31.5. The highest BCUT2D eigenvalue weighted by atomic mass is 32.2. The van der Waals surface area contributed by atoms with Gasteiger partial charge in [0.15, 0.2) is 6.61 Å². The van der Waals surface area contributed by atoms with E-state index in [9.17, 15) is 18.0 Å². The van der Waals surface area contributed by atoms with Crippen LogP contribution < -0.4 is 10.0 Å². The van der Waals surface area contributed by atoms with Crippen molar-refractivity contribution in [3.63, 3.8) is 0 Å². The Morgan fingerprint density at radius 2 is 1.57 bits per heavy atom. The molecule has 2 aromatic carbocycles. The van der Waals surface area contributed by atoms with Crippen LogP contribution in [0.1, 0.15) is 22.3 Å². The van der Waals surface area contributed by atoms with Gasteiger partial charge >= 0.3 is 5.97 Å². The van der Waals surface area contributed by atoms with Gasteiger partial charge in [-0.05, 0) is 74.2 Å². The van der Waals surface area contributed by atoms with Crippen LogP contribution in [-0.2, 0) is 24.3 Å². The summed E-state index contributed by atoms with van der Waals surface area (Å²) in [6.45, 7) is 6.43. The summed E-state index contributed by atoms with van der Waals surface area (Å²) in [6.07, 6.45) is 0. The standard InChI is InChI=1S/C20H24N2O5S/c1-13-7-14(2)9-17(8-13)22-19(23)12-27-20(24)11-21-28(25,26)18-6-5-15(3)16(4)10-18/h5-10,21H,11-12H2,1-4H3,(H,22,23). The lowest BCUT2D eigenvalue weighted by Crippen LogP contribution is -2.32. The zero-order chi connectivity index (χ0) is 20.9. The van der Waals surface area contributed by atoms with Gasteiger partial charge in [0.1, 0.15) is 6.54 Å². The number of amides is 1. The van der Waals surface area contributed by atoms with Gasteiger partial charge in [0.25, 0.3) is 5.91 Å². The topological polar surface area (TPSA) is 102 Å². The second-order valence-corrected chi connectivity index (χ2v) is 8.42. The number of ether oxygens (including phenoxy) is 1. The van der Waals surface area contributed by atoms with Crippen LogP contribution in [0.4, 0.5) is 5.69 Å². The summed E-state index contributed by atoms with van der Waals surface area (Å²) in [4.78, 5) is 23.7. The van der Waals surface area contributed by atoms with E-state index < -0.39 is 35.1 Å². The van der Waals surface area contributed by atoms with Gasteiger partial charge in [-0.3, -0.25) is 9.59 Å². The molecule has 2 rings (SSSR count). The van der Waals surface area contributed by atoms with Gasteiger partial charge in [-0.15, -0.1) is 0 Å². The third kappa shape index (κ3) is 6.17.